The van der Waals surface area contributed by atoms with E-state index in [-0.39, 0.29) is 24.6 Å². The van der Waals surface area contributed by atoms with Crippen molar-refractivity contribution in [2.75, 3.05) is 13.7 Å². The molecule has 0 radical (unpaired) electrons. The van der Waals surface area contributed by atoms with Gasteiger partial charge < -0.3 is 20.3 Å². The van der Waals surface area contributed by atoms with E-state index in [2.05, 4.69) is 5.32 Å². The number of aliphatic hydroxyl groups is 2. The quantitative estimate of drug-likeness (QED) is 0.713. The van der Waals surface area contributed by atoms with Gasteiger partial charge in [0.25, 0.3) is 0 Å². The van der Waals surface area contributed by atoms with Gasteiger partial charge in [-0.2, -0.15) is 0 Å². The van der Waals surface area contributed by atoms with Crippen LogP contribution in [0.4, 0.5) is 4.39 Å². The van der Waals surface area contributed by atoms with Crippen LogP contribution in [0.5, 0.6) is 5.75 Å². The normalized spacial score (nSPS) is 13.7. The summed E-state index contributed by atoms with van der Waals surface area (Å²) in [6.45, 7) is 1.62. The maximum absolute atomic E-state index is 13.2. The lowest BCUT2D eigenvalue weighted by Gasteiger charge is -2.19. The molecule has 6 heteroatoms. The molecular formula is C13H18FNO4. The monoisotopic (exact) mass is 271 g/mol. The Hall–Kier alpha value is -1.66. The molecule has 0 aliphatic heterocycles. The molecule has 0 bridgehead atoms. The number of ether oxygens (including phenoxy) is 1. The number of benzene rings is 1. The molecule has 0 aliphatic rings. The fourth-order valence-electron chi connectivity index (χ4n) is 1.64. The Bertz CT molecular complexity index is 439. The topological polar surface area (TPSA) is 78.8 Å². The first kappa shape index (κ1) is 15.4. The van der Waals surface area contributed by atoms with Crippen molar-refractivity contribution < 1.29 is 24.1 Å². The summed E-state index contributed by atoms with van der Waals surface area (Å²) >= 11 is 0. The predicted molar refractivity (Wildman–Crippen MR) is 67.2 cm³/mol. The number of hydrogen-bond acceptors (Lipinski definition) is 4. The van der Waals surface area contributed by atoms with Gasteiger partial charge in [-0.3, -0.25) is 4.79 Å². The molecule has 5 nitrogen and oxygen atoms in total. The molecule has 1 aromatic carbocycles. The number of carbonyl (C=O) groups is 1. The van der Waals surface area contributed by atoms with Gasteiger partial charge in [0.2, 0.25) is 5.91 Å². The summed E-state index contributed by atoms with van der Waals surface area (Å²) < 4.78 is 18.0. The number of aliphatic hydroxyl groups excluding tert-OH is 2. The number of halogens is 1. The first-order valence-electron chi connectivity index (χ1n) is 5.89. The lowest BCUT2D eigenvalue weighted by Crippen LogP contribution is -2.27. The zero-order valence-electron chi connectivity index (χ0n) is 10.9. The van der Waals surface area contributed by atoms with Crippen molar-refractivity contribution in [3.05, 3.63) is 29.6 Å². The molecule has 0 aromatic heterocycles. The third kappa shape index (κ3) is 4.50. The van der Waals surface area contributed by atoms with Crippen molar-refractivity contribution in [2.24, 2.45) is 0 Å². The molecule has 0 aliphatic carbocycles. The smallest absolute Gasteiger partial charge is 0.216 e. The Morgan fingerprint density at radius 3 is 2.74 bits per heavy atom. The van der Waals surface area contributed by atoms with Gasteiger partial charge in [0, 0.05) is 13.5 Å². The van der Waals surface area contributed by atoms with Crippen LogP contribution < -0.4 is 10.1 Å². The van der Waals surface area contributed by atoms with E-state index in [9.17, 15) is 19.4 Å². The van der Waals surface area contributed by atoms with Crippen LogP contribution in [0.25, 0.3) is 0 Å². The first-order valence-corrected chi connectivity index (χ1v) is 5.89. The van der Waals surface area contributed by atoms with E-state index in [1.807, 2.05) is 0 Å². The van der Waals surface area contributed by atoms with E-state index in [1.54, 1.807) is 0 Å². The minimum absolute atomic E-state index is 0.00520. The molecule has 3 N–H and O–H groups in total. The minimum atomic E-state index is -1.16. The van der Waals surface area contributed by atoms with Crippen molar-refractivity contribution in [3.63, 3.8) is 0 Å². The summed E-state index contributed by atoms with van der Waals surface area (Å²) in [5, 5.41) is 22.2. The van der Waals surface area contributed by atoms with Gasteiger partial charge in [0.15, 0.2) is 11.6 Å². The van der Waals surface area contributed by atoms with Crippen LogP contribution >= 0.6 is 0 Å². The molecular weight excluding hydrogens is 253 g/mol. The van der Waals surface area contributed by atoms with Crippen LogP contribution in [0, 0.1) is 5.82 Å². The highest BCUT2D eigenvalue weighted by Gasteiger charge is 2.19. The number of nitrogens with one attached hydrogen (secondary N) is 1. The van der Waals surface area contributed by atoms with Crippen LogP contribution in [0.3, 0.4) is 0 Å². The maximum Gasteiger partial charge on any atom is 0.216 e. The second-order valence-corrected chi connectivity index (χ2v) is 4.18. The molecule has 1 amide bonds. The Kier molecular flexibility index (Phi) is 5.72. The number of hydrogen-bond donors (Lipinski definition) is 3. The number of methoxy groups -OCH3 is 1. The molecule has 0 fully saturated rings. The molecule has 2 atom stereocenters. The van der Waals surface area contributed by atoms with Gasteiger partial charge in [-0.1, -0.05) is 6.07 Å². The van der Waals surface area contributed by atoms with Gasteiger partial charge in [-0.15, -0.1) is 0 Å². The molecule has 0 saturated heterocycles. The molecule has 0 saturated carbocycles. The van der Waals surface area contributed by atoms with E-state index in [0.717, 1.165) is 6.07 Å². The molecule has 2 unspecified atom stereocenters. The number of rotatable bonds is 6. The van der Waals surface area contributed by atoms with Crippen LogP contribution in [-0.2, 0) is 4.79 Å². The van der Waals surface area contributed by atoms with Crippen LogP contribution in [0.2, 0.25) is 0 Å². The largest absolute Gasteiger partial charge is 0.494 e. The van der Waals surface area contributed by atoms with Crippen molar-refractivity contribution in [1.82, 2.24) is 5.32 Å². The van der Waals surface area contributed by atoms with E-state index < -0.39 is 18.0 Å². The van der Waals surface area contributed by atoms with E-state index in [4.69, 9.17) is 4.74 Å². The van der Waals surface area contributed by atoms with Crippen molar-refractivity contribution in [3.8, 4) is 5.75 Å². The van der Waals surface area contributed by atoms with E-state index in [1.165, 1.54) is 26.2 Å². The zero-order chi connectivity index (χ0) is 14.4. The molecule has 106 valence electrons. The van der Waals surface area contributed by atoms with Gasteiger partial charge in [0.1, 0.15) is 6.10 Å². The molecule has 0 spiro atoms. The van der Waals surface area contributed by atoms with Gasteiger partial charge in [-0.25, -0.2) is 4.39 Å². The zero-order valence-corrected chi connectivity index (χ0v) is 10.9. The molecule has 1 rings (SSSR count). The lowest BCUT2D eigenvalue weighted by molar-refractivity contribution is -0.119. The third-order valence-corrected chi connectivity index (χ3v) is 2.70. The van der Waals surface area contributed by atoms with Gasteiger partial charge in [0.05, 0.1) is 13.2 Å². The van der Waals surface area contributed by atoms with Crippen LogP contribution in [0.1, 0.15) is 25.0 Å². The van der Waals surface area contributed by atoms with Crippen molar-refractivity contribution in [1.29, 1.82) is 0 Å². The highest BCUT2D eigenvalue weighted by atomic mass is 19.1. The van der Waals surface area contributed by atoms with Gasteiger partial charge in [-0.05, 0) is 24.1 Å². The van der Waals surface area contributed by atoms with Crippen LogP contribution in [-0.4, -0.2) is 35.9 Å². The fourth-order valence-corrected chi connectivity index (χ4v) is 1.64. The summed E-state index contributed by atoms with van der Waals surface area (Å²) in [4.78, 5) is 10.7. The Balaban J connectivity index is 2.65. The van der Waals surface area contributed by atoms with E-state index >= 15 is 0 Å². The van der Waals surface area contributed by atoms with Gasteiger partial charge >= 0.3 is 0 Å². The Morgan fingerprint density at radius 1 is 1.47 bits per heavy atom. The van der Waals surface area contributed by atoms with Crippen molar-refractivity contribution >= 4 is 5.91 Å². The average Bonchev–Trinajstić information content (AvgIpc) is 2.38. The highest BCUT2D eigenvalue weighted by molar-refractivity contribution is 5.72. The SMILES string of the molecule is COc1cc(C(O)C(O)CCNC(C)=O)ccc1F. The highest BCUT2D eigenvalue weighted by Crippen LogP contribution is 2.25. The molecule has 0 heterocycles. The summed E-state index contributed by atoms with van der Waals surface area (Å²) in [6, 6.07) is 3.88. The minimum Gasteiger partial charge on any atom is -0.494 e. The molecule has 19 heavy (non-hydrogen) atoms. The summed E-state index contributed by atoms with van der Waals surface area (Å²) in [6.07, 6.45) is -2.02. The summed E-state index contributed by atoms with van der Waals surface area (Å²) in [7, 11) is 1.32. The number of carbonyl (C=O) groups excluding carboxylic acids is 1. The van der Waals surface area contributed by atoms with E-state index in [0.29, 0.717) is 5.56 Å². The van der Waals surface area contributed by atoms with Crippen molar-refractivity contribution in [2.45, 2.75) is 25.6 Å². The lowest BCUT2D eigenvalue weighted by atomic mass is 10.0. The second-order valence-electron chi connectivity index (χ2n) is 4.18. The fraction of sp³-hybridized carbons (Fsp3) is 0.462. The summed E-state index contributed by atoms with van der Waals surface area (Å²) in [5.41, 5.74) is 0.355. The Morgan fingerprint density at radius 2 is 2.16 bits per heavy atom. The standard InChI is InChI=1S/C13H18FNO4/c1-8(16)15-6-5-11(17)13(18)9-3-4-10(14)12(7-9)19-2/h3-4,7,11,13,17-18H,5-6H2,1-2H3,(H,15,16). The first-order chi connectivity index (χ1) is 8.95. The predicted octanol–water partition coefficient (Wildman–Crippen LogP) is 0.755. The average molecular weight is 271 g/mol. The maximum atomic E-state index is 13.2. The second kappa shape index (κ2) is 7.06. The third-order valence-electron chi connectivity index (χ3n) is 2.70. The Labute approximate surface area is 111 Å². The summed E-state index contributed by atoms with van der Waals surface area (Å²) in [5.74, 6) is -0.734. The molecule has 1 aromatic rings. The number of amides is 1. The van der Waals surface area contributed by atoms with Crippen LogP contribution in [0.15, 0.2) is 18.2 Å².